The number of hydrogen-bond donors (Lipinski definition) is 1. The molecule has 2 aliphatic rings. The maximum Gasteiger partial charge on any atom is 0.300 e. The van der Waals surface area contributed by atoms with Crippen LogP contribution in [-0.2, 0) is 9.59 Å². The lowest BCUT2D eigenvalue weighted by Crippen LogP contribution is -2.44. The number of rotatable bonds is 4. The first kappa shape index (κ1) is 21.8. The lowest BCUT2D eigenvalue weighted by Gasteiger charge is -2.34. The van der Waals surface area contributed by atoms with Gasteiger partial charge in [0.05, 0.1) is 11.6 Å². The highest BCUT2D eigenvalue weighted by Crippen LogP contribution is 2.42. The van der Waals surface area contributed by atoms with Crippen LogP contribution in [0.2, 0.25) is 0 Å². The molecule has 0 saturated carbocycles. The van der Waals surface area contributed by atoms with Crippen molar-refractivity contribution >= 4 is 28.8 Å². The number of amides is 1. The molecule has 2 fully saturated rings. The SMILES string of the molecule is CN1CCN(c2ccc(N3C(=O)C(=O)/C(=C(/O)c4ccncc4)C3c3ccncc3)cc2)CC1. The molecule has 0 radical (unpaired) electrons. The Balaban J connectivity index is 1.56. The van der Waals surface area contributed by atoms with Gasteiger partial charge in [-0.05, 0) is 61.1 Å². The van der Waals surface area contributed by atoms with Crippen LogP contribution in [0.1, 0.15) is 17.2 Å². The molecule has 2 saturated heterocycles. The Kier molecular flexibility index (Phi) is 5.81. The third-order valence-corrected chi connectivity index (χ3v) is 6.42. The maximum absolute atomic E-state index is 13.2. The molecular weight excluding hydrogens is 430 g/mol. The number of aliphatic hydroxyl groups excluding tert-OH is 1. The molecule has 3 aromatic rings. The molecule has 34 heavy (non-hydrogen) atoms. The number of carbonyl (C=O) groups is 2. The predicted molar refractivity (Wildman–Crippen MR) is 129 cm³/mol. The van der Waals surface area contributed by atoms with Crippen LogP contribution in [0.15, 0.2) is 78.9 Å². The molecule has 1 amide bonds. The summed E-state index contributed by atoms with van der Waals surface area (Å²) in [5, 5.41) is 11.1. The van der Waals surface area contributed by atoms with Crippen molar-refractivity contribution in [2.75, 3.05) is 43.0 Å². The van der Waals surface area contributed by atoms with Gasteiger partial charge in [-0.1, -0.05) is 0 Å². The van der Waals surface area contributed by atoms with E-state index in [2.05, 4.69) is 26.8 Å². The summed E-state index contributed by atoms with van der Waals surface area (Å²) in [4.78, 5) is 40.5. The van der Waals surface area contributed by atoms with E-state index in [9.17, 15) is 14.7 Å². The van der Waals surface area contributed by atoms with Gasteiger partial charge in [0.25, 0.3) is 11.7 Å². The van der Waals surface area contributed by atoms with Crippen molar-refractivity contribution in [3.63, 3.8) is 0 Å². The third kappa shape index (κ3) is 3.92. The van der Waals surface area contributed by atoms with Gasteiger partial charge >= 0.3 is 0 Å². The van der Waals surface area contributed by atoms with Gasteiger partial charge in [-0.2, -0.15) is 0 Å². The smallest absolute Gasteiger partial charge is 0.300 e. The first-order chi connectivity index (χ1) is 16.5. The zero-order valence-corrected chi connectivity index (χ0v) is 18.8. The number of anilines is 2. The molecule has 0 bridgehead atoms. The monoisotopic (exact) mass is 455 g/mol. The number of aromatic nitrogens is 2. The highest BCUT2D eigenvalue weighted by atomic mass is 16.3. The number of likely N-dealkylation sites (N-methyl/N-ethyl adjacent to an activating group) is 1. The van der Waals surface area contributed by atoms with Crippen LogP contribution in [0.4, 0.5) is 11.4 Å². The van der Waals surface area contributed by atoms with E-state index in [1.807, 2.05) is 24.3 Å². The number of pyridine rings is 2. The summed E-state index contributed by atoms with van der Waals surface area (Å²) in [5.74, 6) is -1.62. The van der Waals surface area contributed by atoms with Crippen LogP contribution in [0.25, 0.3) is 5.76 Å². The van der Waals surface area contributed by atoms with Crippen molar-refractivity contribution in [3.05, 3.63) is 90.0 Å². The average Bonchev–Trinajstić information content (AvgIpc) is 3.15. The van der Waals surface area contributed by atoms with Crippen LogP contribution in [0.5, 0.6) is 0 Å². The molecule has 8 heteroatoms. The van der Waals surface area contributed by atoms with Crippen LogP contribution in [-0.4, -0.2) is 64.9 Å². The van der Waals surface area contributed by atoms with Crippen LogP contribution < -0.4 is 9.80 Å². The largest absolute Gasteiger partial charge is 0.507 e. The summed E-state index contributed by atoms with van der Waals surface area (Å²) in [6.45, 7) is 3.85. The lowest BCUT2D eigenvalue weighted by molar-refractivity contribution is -0.132. The number of carbonyl (C=O) groups excluding carboxylic acids is 2. The van der Waals surface area contributed by atoms with E-state index in [0.29, 0.717) is 16.8 Å². The zero-order valence-electron chi connectivity index (χ0n) is 18.8. The molecule has 4 heterocycles. The van der Waals surface area contributed by atoms with Gasteiger partial charge in [0, 0.05) is 67.9 Å². The molecule has 5 rings (SSSR count). The Morgan fingerprint density at radius 3 is 2.00 bits per heavy atom. The normalized spacial score (nSPS) is 20.7. The minimum atomic E-state index is -0.773. The number of piperazine rings is 1. The Morgan fingerprint density at radius 1 is 0.824 bits per heavy atom. The number of aliphatic hydroxyl groups is 1. The summed E-state index contributed by atoms with van der Waals surface area (Å²) >= 11 is 0. The second-order valence-corrected chi connectivity index (χ2v) is 8.49. The molecule has 172 valence electrons. The van der Waals surface area contributed by atoms with Crippen molar-refractivity contribution < 1.29 is 14.7 Å². The second-order valence-electron chi connectivity index (χ2n) is 8.49. The average molecular weight is 456 g/mol. The molecule has 1 unspecified atom stereocenters. The van der Waals surface area contributed by atoms with Crippen molar-refractivity contribution in [1.82, 2.24) is 14.9 Å². The van der Waals surface area contributed by atoms with E-state index in [1.54, 1.807) is 36.7 Å². The summed E-state index contributed by atoms with van der Waals surface area (Å²) in [7, 11) is 2.11. The minimum absolute atomic E-state index is 0.0468. The van der Waals surface area contributed by atoms with Crippen molar-refractivity contribution in [2.24, 2.45) is 0 Å². The van der Waals surface area contributed by atoms with Gasteiger partial charge in [0.2, 0.25) is 0 Å². The van der Waals surface area contributed by atoms with Crippen molar-refractivity contribution in [1.29, 1.82) is 0 Å². The quantitative estimate of drug-likeness (QED) is 0.368. The molecule has 2 aromatic heterocycles. The fraction of sp³-hybridized carbons (Fsp3) is 0.231. The number of hydrogen-bond acceptors (Lipinski definition) is 7. The van der Waals surface area contributed by atoms with E-state index in [4.69, 9.17) is 0 Å². The van der Waals surface area contributed by atoms with Gasteiger partial charge in [-0.3, -0.25) is 24.5 Å². The molecule has 1 N–H and O–H groups in total. The number of Topliss-reactive ketones (excluding diaryl/α,β-unsaturated/α-hetero) is 1. The highest BCUT2D eigenvalue weighted by Gasteiger charge is 2.47. The van der Waals surface area contributed by atoms with E-state index in [0.717, 1.165) is 31.9 Å². The van der Waals surface area contributed by atoms with Crippen molar-refractivity contribution in [3.8, 4) is 0 Å². The number of benzene rings is 1. The number of nitrogens with zero attached hydrogens (tertiary/aromatic N) is 5. The lowest BCUT2D eigenvalue weighted by atomic mass is 9.96. The third-order valence-electron chi connectivity index (χ3n) is 6.42. The van der Waals surface area contributed by atoms with Gasteiger partial charge in [0.1, 0.15) is 5.76 Å². The summed E-state index contributed by atoms with van der Waals surface area (Å²) in [6, 6.07) is 13.6. The molecule has 0 spiro atoms. The topological polar surface area (TPSA) is 89.9 Å². The van der Waals surface area contributed by atoms with E-state index >= 15 is 0 Å². The highest BCUT2D eigenvalue weighted by molar-refractivity contribution is 6.51. The molecule has 0 aliphatic carbocycles. The molecule has 1 aromatic carbocycles. The Morgan fingerprint density at radius 2 is 1.38 bits per heavy atom. The Hall–Kier alpha value is -4.04. The van der Waals surface area contributed by atoms with Crippen LogP contribution >= 0.6 is 0 Å². The molecule has 1 atom stereocenters. The van der Waals surface area contributed by atoms with Gasteiger partial charge in [0.15, 0.2) is 0 Å². The Bertz CT molecular complexity index is 1220. The van der Waals surface area contributed by atoms with E-state index < -0.39 is 17.7 Å². The van der Waals surface area contributed by atoms with Gasteiger partial charge in [-0.15, -0.1) is 0 Å². The predicted octanol–water partition coefficient (Wildman–Crippen LogP) is 2.85. The van der Waals surface area contributed by atoms with Crippen molar-refractivity contribution in [2.45, 2.75) is 6.04 Å². The fourth-order valence-corrected chi connectivity index (χ4v) is 4.51. The standard InChI is InChI=1S/C26H25N5O3/c1-29-14-16-30(17-15-29)20-2-4-21(5-3-20)31-23(18-6-10-27-11-7-18)22(25(33)26(31)34)24(32)19-8-12-28-13-9-19/h2-13,23,32H,14-17H2,1H3/b24-22+. The van der Waals surface area contributed by atoms with E-state index in [1.165, 1.54) is 17.3 Å². The first-order valence-corrected chi connectivity index (χ1v) is 11.2. The molecule has 2 aliphatic heterocycles. The maximum atomic E-state index is 13.2. The van der Waals surface area contributed by atoms with Crippen LogP contribution in [0, 0.1) is 0 Å². The van der Waals surface area contributed by atoms with Crippen LogP contribution in [0.3, 0.4) is 0 Å². The van der Waals surface area contributed by atoms with E-state index in [-0.39, 0.29) is 11.3 Å². The fourth-order valence-electron chi connectivity index (χ4n) is 4.51. The summed E-state index contributed by atoms with van der Waals surface area (Å²) in [5.41, 5.74) is 2.83. The molecule has 8 nitrogen and oxygen atoms in total. The summed E-state index contributed by atoms with van der Waals surface area (Å²) in [6.07, 6.45) is 6.28. The minimum Gasteiger partial charge on any atom is -0.507 e. The first-order valence-electron chi connectivity index (χ1n) is 11.2. The van der Waals surface area contributed by atoms with Gasteiger partial charge < -0.3 is 14.9 Å². The number of ketones is 1. The summed E-state index contributed by atoms with van der Waals surface area (Å²) < 4.78 is 0. The molecular formula is C26H25N5O3. The zero-order chi connectivity index (χ0) is 23.7. The Labute approximate surface area is 197 Å². The van der Waals surface area contributed by atoms with Gasteiger partial charge in [-0.25, -0.2) is 0 Å². The second kappa shape index (κ2) is 9.07.